The Kier molecular flexibility index (Phi) is 44.5. The number of carboxylic acids is 2. The molecule has 21 heteroatoms. The van der Waals surface area contributed by atoms with Crippen LogP contribution in [0.5, 0.6) is 11.5 Å². The third-order valence-electron chi connectivity index (χ3n) is 21.6. The zero-order valence-corrected chi connectivity index (χ0v) is 82.0. The van der Waals surface area contributed by atoms with E-state index in [9.17, 15) is 29.4 Å². The summed E-state index contributed by atoms with van der Waals surface area (Å²) in [5.41, 5.74) is 17.9. The van der Waals surface area contributed by atoms with E-state index in [0.717, 1.165) is 75.4 Å². The highest BCUT2D eigenvalue weighted by molar-refractivity contribution is 6.09. The van der Waals surface area contributed by atoms with Crippen LogP contribution in [0.2, 0.25) is 0 Å². The molecule has 133 heavy (non-hydrogen) atoms. The van der Waals surface area contributed by atoms with Gasteiger partial charge in [0.1, 0.15) is 11.2 Å². The second kappa shape index (κ2) is 55.6. The van der Waals surface area contributed by atoms with Crippen LogP contribution in [-0.2, 0) is 9.59 Å². The van der Waals surface area contributed by atoms with Crippen molar-refractivity contribution in [1.82, 2.24) is 0 Å². The van der Waals surface area contributed by atoms with E-state index in [0.29, 0.717) is 103 Å². The second-order valence-electron chi connectivity index (χ2n) is 34.9. The Morgan fingerprint density at radius 2 is 0.880 bits per heavy atom. The van der Waals surface area contributed by atoms with Crippen LogP contribution in [0.4, 0.5) is 34.1 Å². The molecule has 10 aromatic carbocycles. The number of aliphatic imine (C=N–C) groups is 8. The molecule has 0 bridgehead atoms. The van der Waals surface area contributed by atoms with Gasteiger partial charge < -0.3 is 55.0 Å². The molecule has 4 N–H and O–H groups in total. The number of methoxy groups -OCH3 is 2. The maximum absolute atomic E-state index is 12.4. The molecule has 1 heterocycles. The molecular formula is C112H138N12O9-2. The minimum atomic E-state index is -1.17. The van der Waals surface area contributed by atoms with Gasteiger partial charge in [0.25, 0.3) is 0 Å². The van der Waals surface area contributed by atoms with Crippen molar-refractivity contribution in [3.05, 3.63) is 297 Å². The summed E-state index contributed by atoms with van der Waals surface area (Å²) < 4.78 is 16.2. The number of benzene rings is 10. The van der Waals surface area contributed by atoms with Gasteiger partial charge in [0.15, 0.2) is 17.3 Å². The number of ketones is 1. The summed E-state index contributed by atoms with van der Waals surface area (Å²) in [7, 11) is 3.22. The summed E-state index contributed by atoms with van der Waals surface area (Å²) in [6.45, 7) is 42.2. The van der Waals surface area contributed by atoms with E-state index >= 15 is 0 Å². The fourth-order valence-electron chi connectivity index (χ4n) is 14.3. The Labute approximate surface area is 789 Å². The number of hydrogen-bond acceptors (Lipinski definition) is 13. The van der Waals surface area contributed by atoms with Gasteiger partial charge in [-0.1, -0.05) is 279 Å². The normalized spacial score (nSPS) is 12.8. The molecule has 0 aliphatic heterocycles. The molecule has 21 nitrogen and oxygen atoms in total. The van der Waals surface area contributed by atoms with E-state index in [4.69, 9.17) is 33.9 Å². The molecule has 3 atom stereocenters. The number of para-hydroxylation sites is 6. The minimum Gasteiger partial charge on any atom is -0.550 e. The zero-order valence-electron chi connectivity index (χ0n) is 82.0. The number of rotatable bonds is 25. The molecule has 0 amide bonds. The molecule has 1 aromatic heterocycles. The van der Waals surface area contributed by atoms with Crippen LogP contribution in [0, 0.1) is 5.92 Å². The van der Waals surface area contributed by atoms with Gasteiger partial charge in [-0.3, -0.25) is 14.6 Å². The number of carbonyl (C=O) groups is 3. The summed E-state index contributed by atoms with van der Waals surface area (Å²) in [4.78, 5) is 83.9. The summed E-state index contributed by atoms with van der Waals surface area (Å²) in [5, 5.41) is 36.1. The minimum absolute atomic E-state index is 0.118. The number of anilines is 4. The van der Waals surface area contributed by atoms with E-state index in [1.807, 2.05) is 171 Å². The molecule has 0 saturated heterocycles. The standard InChI is InChI=1S/C28H41N3.C18H21N3O2.C18H29N3.C16H23N3.C16H12O4.C16H14O3/c1-17(2)22-13-11-14-23(18(3)4)26(22)30-28(29-21(9)10)31-27-24(19(5)6)15-12-16-25(27)20(7)8;1-13(2)19-18(20-14-8-6-5-7-9-14)21-15-10-11-16(22-3)17(12-15)23-4;1-5-7-11-16(6-2)14-19-18(20-15(3)4)21-17-12-9-8-10-13-17;1-13(2)17-16(18-14-9-5-3-6-10-14)19-15-11-7-4-8-12-15;1-9(16(18)19)10-6-7-14-12(8-10)15(17)11-4-2-3-5-13(11)20-14;1-11(16(18)19)13-8-5-9-14(10-13)15(17)12-6-3-2-4-7-12/h11-20H,1-10H3,(H,30,31);5-12H,1-4H3,(H,20,21);8-10,12-13,16H,5-7,11,14H2,1-4H3,(H,19,21);3,5-6,9-10,15H,4,7-8,11-12H2,1-2H3,(H,18,19);2-9H,1H3,(H,18,19);2-11H,1H3,(H,18,19)/p-2. The predicted molar refractivity (Wildman–Crippen MR) is 555 cm³/mol. The highest BCUT2D eigenvalue weighted by Gasteiger charge is 2.21. The molecular weight excluding hydrogens is 1660 g/mol. The Morgan fingerprint density at radius 1 is 0.429 bits per heavy atom. The van der Waals surface area contributed by atoms with Crippen LogP contribution in [0.1, 0.15) is 281 Å². The largest absolute Gasteiger partial charge is 0.550 e. The lowest BCUT2D eigenvalue weighted by Crippen LogP contribution is -2.28. The number of nitrogens with one attached hydrogen (secondary N) is 4. The van der Waals surface area contributed by atoms with Gasteiger partial charge in [-0.2, -0.15) is 0 Å². The van der Waals surface area contributed by atoms with Crippen LogP contribution < -0.4 is 46.4 Å². The third-order valence-corrected chi connectivity index (χ3v) is 21.6. The SMILES string of the molecule is CC(C(=O)[O-])c1ccc2oc3ccccc3c(=O)c2c1.CC(C(=O)[O-])c1cccc(C(=O)c2ccccc2)c1.CC(C)=NC(=NC1CCCCC1)Nc1ccccc1.CC(C)=NC(=Nc1c(C(C)C)cccc1C(C)C)Nc1c(C(C)C)cccc1C(C)C.CCCCC(CC)CN=C(N=C(C)C)Nc1ccccc1.COc1ccc(NC(N=C(C)C)=Nc2ccccc2)cc1OC. The summed E-state index contributed by atoms with van der Waals surface area (Å²) >= 11 is 0. The maximum Gasteiger partial charge on any atom is 0.227 e. The van der Waals surface area contributed by atoms with Crippen LogP contribution in [0.25, 0.3) is 21.9 Å². The van der Waals surface area contributed by atoms with Gasteiger partial charge in [-0.05, 0) is 216 Å². The van der Waals surface area contributed by atoms with Crippen molar-refractivity contribution in [3.8, 4) is 11.5 Å². The predicted octanol–water partition coefficient (Wildman–Crippen LogP) is 26.0. The first kappa shape index (κ1) is 106. The number of unbranched alkanes of at least 4 members (excludes halogenated alkanes) is 1. The Morgan fingerprint density at radius 3 is 1.39 bits per heavy atom. The molecule has 0 radical (unpaired) electrons. The van der Waals surface area contributed by atoms with Gasteiger partial charge in [0.2, 0.25) is 29.3 Å². The lowest BCUT2D eigenvalue weighted by atomic mass is 9.92. The molecule has 1 aliphatic carbocycles. The highest BCUT2D eigenvalue weighted by atomic mass is 16.5. The summed E-state index contributed by atoms with van der Waals surface area (Å²) in [6, 6.07) is 76.4. The second-order valence-corrected chi connectivity index (χ2v) is 34.9. The summed E-state index contributed by atoms with van der Waals surface area (Å²) in [6.07, 6.45) is 11.3. The van der Waals surface area contributed by atoms with E-state index in [1.165, 1.54) is 87.0 Å². The number of carboxylic acid groups (broad SMARTS) is 2. The molecule has 1 fully saturated rings. The van der Waals surface area contributed by atoms with Gasteiger partial charge in [-0.15, -0.1) is 0 Å². The van der Waals surface area contributed by atoms with Crippen molar-refractivity contribution in [2.45, 2.75) is 238 Å². The number of aliphatic carboxylic acids is 2. The zero-order chi connectivity index (χ0) is 97.1. The number of guanidine groups is 4. The monoisotopic (exact) mass is 1800 g/mol. The third kappa shape index (κ3) is 35.6. The average Bonchev–Trinajstić information content (AvgIpc) is 0.775. The lowest BCUT2D eigenvalue weighted by molar-refractivity contribution is -0.308. The van der Waals surface area contributed by atoms with E-state index in [2.05, 4.69) is 147 Å². The number of fused-ring (bicyclic) bond motifs is 2. The maximum atomic E-state index is 12.4. The van der Waals surface area contributed by atoms with Crippen molar-refractivity contribution in [3.63, 3.8) is 0 Å². The number of nitrogens with zero attached hydrogens (tertiary/aromatic N) is 8. The van der Waals surface area contributed by atoms with Gasteiger partial charge in [-0.25, -0.2) is 34.9 Å². The van der Waals surface area contributed by atoms with Crippen molar-refractivity contribution in [2.24, 2.45) is 45.9 Å². The van der Waals surface area contributed by atoms with E-state index in [-0.39, 0.29) is 11.2 Å². The first-order valence-corrected chi connectivity index (χ1v) is 46.4. The van der Waals surface area contributed by atoms with Crippen LogP contribution in [-0.4, -0.2) is 91.2 Å². The van der Waals surface area contributed by atoms with Crippen molar-refractivity contribution < 1.29 is 38.5 Å². The Hall–Kier alpha value is -13.6. The van der Waals surface area contributed by atoms with Crippen molar-refractivity contribution in [2.75, 3.05) is 42.0 Å². The molecule has 1 saturated carbocycles. The molecule has 11 aromatic rings. The Balaban J connectivity index is 0.000000220. The van der Waals surface area contributed by atoms with Crippen LogP contribution >= 0.6 is 0 Å². The van der Waals surface area contributed by atoms with Gasteiger partial charge in [0.05, 0.1) is 42.4 Å². The molecule has 1 aliphatic rings. The van der Waals surface area contributed by atoms with Crippen molar-refractivity contribution in [1.29, 1.82) is 0 Å². The first-order chi connectivity index (χ1) is 63.7. The Bertz CT molecular complexity index is 5800. The first-order valence-electron chi connectivity index (χ1n) is 46.4. The smallest absolute Gasteiger partial charge is 0.227 e. The molecule has 702 valence electrons. The fraction of sp³-hybridized carbons (Fsp3) is 0.357. The highest BCUT2D eigenvalue weighted by Crippen LogP contribution is 2.38. The van der Waals surface area contributed by atoms with Crippen LogP contribution in [0.15, 0.2) is 292 Å². The number of carbonyl (C=O) groups excluding carboxylic acids is 3. The number of hydrogen-bond donors (Lipinski definition) is 4. The molecule has 12 rings (SSSR count). The van der Waals surface area contributed by atoms with Gasteiger partial charge in [0, 0.05) is 93.1 Å². The van der Waals surface area contributed by atoms with Gasteiger partial charge >= 0.3 is 0 Å². The molecule has 3 unspecified atom stereocenters. The van der Waals surface area contributed by atoms with Crippen molar-refractivity contribution >= 4 is 120 Å². The van der Waals surface area contributed by atoms with Crippen LogP contribution in [0.3, 0.4) is 0 Å². The summed E-state index contributed by atoms with van der Waals surface area (Å²) in [5.74, 6) is 2.27. The molecule has 0 spiro atoms. The quantitative estimate of drug-likeness (QED) is 0.0179. The number of ether oxygens (including phenoxy) is 2. The topological polar surface area (TPSA) is 293 Å². The lowest BCUT2D eigenvalue weighted by Gasteiger charge is -2.22. The average molecular weight is 1800 g/mol. The van der Waals surface area contributed by atoms with E-state index in [1.54, 1.807) is 112 Å². The fourth-order valence-corrected chi connectivity index (χ4v) is 14.3. The van der Waals surface area contributed by atoms with E-state index < -0.39 is 23.8 Å².